The van der Waals surface area contributed by atoms with Crippen LogP contribution < -0.4 is 4.74 Å². The first-order chi connectivity index (χ1) is 13.6. The van der Waals surface area contributed by atoms with Gasteiger partial charge in [-0.2, -0.15) is 5.10 Å². The fraction of sp³-hybridized carbons (Fsp3) is 0. The summed E-state index contributed by atoms with van der Waals surface area (Å²) in [7, 11) is 0. The average Bonchev–Trinajstić information content (AvgIpc) is 3.11. The molecule has 7 nitrogen and oxygen atoms in total. The lowest BCUT2D eigenvalue weighted by molar-refractivity contribution is -0.384. The van der Waals surface area contributed by atoms with Crippen LogP contribution in [0, 0.1) is 14.9 Å². The number of H-pyrrole nitrogens is 1. The number of para-hydroxylation sites is 1. The maximum absolute atomic E-state index is 11.1. The summed E-state index contributed by atoms with van der Waals surface area (Å²) in [5, 5.41) is 18.1. The highest BCUT2D eigenvalue weighted by Crippen LogP contribution is 2.27. The SMILES string of the molecule is O=[N+]([O-])c1cccc(-c2n[nH]c(=S)n2-c2ccc(Oc3ccccc3)cc2)c1. The molecule has 0 aliphatic carbocycles. The summed E-state index contributed by atoms with van der Waals surface area (Å²) in [5.74, 6) is 1.92. The molecule has 4 aromatic rings. The van der Waals surface area contributed by atoms with Gasteiger partial charge in [0.1, 0.15) is 11.5 Å². The fourth-order valence-corrected chi connectivity index (χ4v) is 3.01. The van der Waals surface area contributed by atoms with Crippen LogP contribution in [0.4, 0.5) is 5.69 Å². The van der Waals surface area contributed by atoms with Gasteiger partial charge < -0.3 is 4.74 Å². The number of aromatic nitrogens is 3. The highest BCUT2D eigenvalue weighted by Gasteiger charge is 2.14. The summed E-state index contributed by atoms with van der Waals surface area (Å²) in [4.78, 5) is 10.6. The second kappa shape index (κ2) is 7.45. The van der Waals surface area contributed by atoms with Crippen LogP contribution in [-0.2, 0) is 0 Å². The third-order valence-electron chi connectivity index (χ3n) is 4.06. The highest BCUT2D eigenvalue weighted by molar-refractivity contribution is 7.71. The van der Waals surface area contributed by atoms with E-state index in [1.54, 1.807) is 16.7 Å². The summed E-state index contributed by atoms with van der Waals surface area (Å²) in [5.41, 5.74) is 1.34. The van der Waals surface area contributed by atoms with Crippen LogP contribution >= 0.6 is 12.2 Å². The third-order valence-corrected chi connectivity index (χ3v) is 4.34. The minimum Gasteiger partial charge on any atom is -0.457 e. The molecule has 0 aliphatic heterocycles. The van der Waals surface area contributed by atoms with Gasteiger partial charge in [-0.3, -0.25) is 19.8 Å². The number of aromatic amines is 1. The first-order valence-electron chi connectivity index (χ1n) is 8.37. The molecule has 4 rings (SSSR count). The maximum atomic E-state index is 11.1. The van der Waals surface area contributed by atoms with Gasteiger partial charge in [0.25, 0.3) is 5.69 Å². The molecule has 0 bridgehead atoms. The fourth-order valence-electron chi connectivity index (χ4n) is 2.78. The van der Waals surface area contributed by atoms with Crippen molar-refractivity contribution in [2.24, 2.45) is 0 Å². The van der Waals surface area contributed by atoms with E-state index in [2.05, 4.69) is 10.2 Å². The molecule has 28 heavy (non-hydrogen) atoms. The van der Waals surface area contributed by atoms with Gasteiger partial charge in [0.15, 0.2) is 10.6 Å². The molecule has 0 aliphatic rings. The zero-order valence-corrected chi connectivity index (χ0v) is 15.3. The van der Waals surface area contributed by atoms with E-state index in [9.17, 15) is 10.1 Å². The number of hydrogen-bond donors (Lipinski definition) is 1. The Hall–Kier alpha value is -3.78. The van der Waals surface area contributed by atoms with Crippen molar-refractivity contribution in [1.29, 1.82) is 0 Å². The first kappa shape index (κ1) is 17.6. The molecule has 1 heterocycles. The van der Waals surface area contributed by atoms with Crippen LogP contribution in [0.1, 0.15) is 0 Å². The van der Waals surface area contributed by atoms with E-state index in [-0.39, 0.29) is 5.69 Å². The van der Waals surface area contributed by atoms with Crippen LogP contribution in [0.5, 0.6) is 11.5 Å². The van der Waals surface area contributed by atoms with E-state index in [1.165, 1.54) is 12.1 Å². The number of non-ortho nitro benzene ring substituents is 1. The number of rotatable bonds is 5. The van der Waals surface area contributed by atoms with Gasteiger partial charge >= 0.3 is 0 Å². The van der Waals surface area contributed by atoms with Crippen molar-refractivity contribution in [1.82, 2.24) is 14.8 Å². The van der Waals surface area contributed by atoms with Crippen LogP contribution in [0.15, 0.2) is 78.9 Å². The zero-order chi connectivity index (χ0) is 19.5. The summed E-state index contributed by atoms with van der Waals surface area (Å²) in [6.45, 7) is 0. The molecule has 0 spiro atoms. The van der Waals surface area contributed by atoms with Gasteiger partial charge in [-0.15, -0.1) is 0 Å². The number of benzene rings is 3. The topological polar surface area (TPSA) is 86.0 Å². The standard InChI is InChI=1S/C20H14N4O3S/c25-24(26)16-6-4-5-14(13-16)19-21-22-20(28)23(19)15-9-11-18(12-10-15)27-17-7-2-1-3-8-17/h1-13H,(H,22,28). The molecule has 0 radical (unpaired) electrons. The lowest BCUT2D eigenvalue weighted by Crippen LogP contribution is -1.98. The summed E-state index contributed by atoms with van der Waals surface area (Å²) < 4.78 is 7.91. The highest BCUT2D eigenvalue weighted by atomic mass is 32.1. The summed E-state index contributed by atoms with van der Waals surface area (Å²) in [6, 6.07) is 23.1. The second-order valence-corrected chi connectivity index (χ2v) is 6.29. The largest absolute Gasteiger partial charge is 0.457 e. The monoisotopic (exact) mass is 390 g/mol. The molecule has 0 saturated carbocycles. The quantitative estimate of drug-likeness (QED) is 0.284. The molecule has 0 fully saturated rings. The lowest BCUT2D eigenvalue weighted by atomic mass is 10.2. The van der Waals surface area contributed by atoms with Crippen LogP contribution in [0.3, 0.4) is 0 Å². The Bertz CT molecular complexity index is 1180. The number of ether oxygens (including phenoxy) is 1. The number of nitrogens with one attached hydrogen (secondary N) is 1. The Morgan fingerprint density at radius 3 is 2.39 bits per heavy atom. The molecule has 0 amide bonds. The second-order valence-electron chi connectivity index (χ2n) is 5.90. The summed E-state index contributed by atoms with van der Waals surface area (Å²) >= 11 is 5.36. The van der Waals surface area contributed by atoms with Crippen molar-refractivity contribution in [2.75, 3.05) is 0 Å². The maximum Gasteiger partial charge on any atom is 0.270 e. The Balaban J connectivity index is 1.69. The van der Waals surface area contributed by atoms with Crippen LogP contribution in [0.2, 0.25) is 0 Å². The van der Waals surface area contributed by atoms with Crippen LogP contribution in [0.25, 0.3) is 17.1 Å². The normalized spacial score (nSPS) is 10.6. The molecule has 0 unspecified atom stereocenters. The van der Waals surface area contributed by atoms with Gasteiger partial charge in [0, 0.05) is 17.7 Å². The Labute approximate surface area is 165 Å². The number of nitro benzene ring substituents is 1. The number of hydrogen-bond acceptors (Lipinski definition) is 5. The lowest BCUT2D eigenvalue weighted by Gasteiger charge is -2.09. The van der Waals surface area contributed by atoms with E-state index in [4.69, 9.17) is 17.0 Å². The van der Waals surface area contributed by atoms with E-state index < -0.39 is 4.92 Å². The van der Waals surface area contributed by atoms with Gasteiger partial charge in [0.05, 0.1) is 10.6 Å². The smallest absolute Gasteiger partial charge is 0.270 e. The number of nitrogens with zero attached hydrogens (tertiary/aromatic N) is 3. The third kappa shape index (κ3) is 3.53. The molecule has 0 saturated heterocycles. The molecular weight excluding hydrogens is 376 g/mol. The molecule has 0 atom stereocenters. The average molecular weight is 390 g/mol. The Kier molecular flexibility index (Phi) is 4.69. The predicted molar refractivity (Wildman–Crippen MR) is 107 cm³/mol. The van der Waals surface area contributed by atoms with Gasteiger partial charge in [0.2, 0.25) is 0 Å². The molecule has 1 N–H and O–H groups in total. The number of nitro groups is 1. The molecule has 1 aromatic heterocycles. The predicted octanol–water partition coefficient (Wildman–Crippen LogP) is 5.30. The molecule has 8 heteroatoms. The van der Waals surface area contributed by atoms with Crippen molar-refractivity contribution in [3.63, 3.8) is 0 Å². The molecule has 138 valence electrons. The van der Waals surface area contributed by atoms with E-state index in [0.717, 1.165) is 11.4 Å². The van der Waals surface area contributed by atoms with Crippen molar-refractivity contribution >= 4 is 17.9 Å². The Morgan fingerprint density at radius 1 is 0.964 bits per heavy atom. The van der Waals surface area contributed by atoms with E-state index >= 15 is 0 Å². The van der Waals surface area contributed by atoms with Crippen molar-refractivity contribution in [2.45, 2.75) is 0 Å². The van der Waals surface area contributed by atoms with Crippen molar-refractivity contribution in [3.8, 4) is 28.6 Å². The molecule has 3 aromatic carbocycles. The van der Waals surface area contributed by atoms with Gasteiger partial charge in [-0.05, 0) is 48.6 Å². The summed E-state index contributed by atoms with van der Waals surface area (Å²) in [6.07, 6.45) is 0. The van der Waals surface area contributed by atoms with Crippen molar-refractivity contribution < 1.29 is 9.66 Å². The van der Waals surface area contributed by atoms with Gasteiger partial charge in [-0.25, -0.2) is 0 Å². The minimum absolute atomic E-state index is 0.00965. The first-order valence-corrected chi connectivity index (χ1v) is 8.78. The Morgan fingerprint density at radius 2 is 1.68 bits per heavy atom. The zero-order valence-electron chi connectivity index (χ0n) is 14.5. The van der Waals surface area contributed by atoms with E-state index in [1.807, 2.05) is 54.6 Å². The molecular formula is C20H14N4O3S. The van der Waals surface area contributed by atoms with Gasteiger partial charge in [-0.1, -0.05) is 30.3 Å². The minimum atomic E-state index is -0.440. The van der Waals surface area contributed by atoms with E-state index in [0.29, 0.717) is 21.9 Å². The van der Waals surface area contributed by atoms with Crippen LogP contribution in [-0.4, -0.2) is 19.7 Å². The van der Waals surface area contributed by atoms with Crippen molar-refractivity contribution in [3.05, 3.63) is 93.7 Å².